The molecule has 8 nitrogen and oxygen atoms in total. The SMILES string of the molecule is COc1ccc(NC(=O)CNc2cc(F)ccc2OCC(F)(F)F)c([N+](=O)[O-])c1. The maximum Gasteiger partial charge on any atom is 0.422 e. The summed E-state index contributed by atoms with van der Waals surface area (Å²) in [6.07, 6.45) is -4.60. The van der Waals surface area contributed by atoms with Gasteiger partial charge in [0.05, 0.1) is 30.3 Å². The molecule has 0 aliphatic heterocycles. The number of carbonyl (C=O) groups excluding carboxylic acids is 1. The van der Waals surface area contributed by atoms with Gasteiger partial charge in [-0.3, -0.25) is 14.9 Å². The second-order valence-electron chi connectivity index (χ2n) is 5.59. The first-order chi connectivity index (χ1) is 13.6. The fraction of sp³-hybridized carbons (Fsp3) is 0.235. The number of hydrogen-bond donors (Lipinski definition) is 2. The molecule has 0 aliphatic rings. The van der Waals surface area contributed by atoms with Crippen LogP contribution in [0.25, 0.3) is 0 Å². The van der Waals surface area contributed by atoms with Gasteiger partial charge >= 0.3 is 6.18 Å². The van der Waals surface area contributed by atoms with Crippen molar-refractivity contribution in [1.82, 2.24) is 0 Å². The lowest BCUT2D eigenvalue weighted by molar-refractivity contribution is -0.384. The highest BCUT2D eigenvalue weighted by molar-refractivity contribution is 5.96. The standard InChI is InChI=1S/C17H15F4N3O5/c1-28-11-3-4-12(14(7-11)24(26)27)23-16(25)8-22-13-6-10(18)2-5-15(13)29-9-17(19,20)21/h2-7,22H,8-9H2,1H3,(H,23,25). The van der Waals surface area contributed by atoms with E-state index >= 15 is 0 Å². The van der Waals surface area contributed by atoms with Crippen LogP contribution in [0.2, 0.25) is 0 Å². The minimum Gasteiger partial charge on any atom is -0.496 e. The van der Waals surface area contributed by atoms with Crippen molar-refractivity contribution in [3.05, 3.63) is 52.3 Å². The highest BCUT2D eigenvalue weighted by Crippen LogP contribution is 2.30. The Hall–Kier alpha value is -3.57. The van der Waals surface area contributed by atoms with Gasteiger partial charge < -0.3 is 20.1 Å². The van der Waals surface area contributed by atoms with Crippen LogP contribution in [-0.4, -0.2) is 37.3 Å². The van der Waals surface area contributed by atoms with Gasteiger partial charge in [0.25, 0.3) is 5.69 Å². The summed E-state index contributed by atoms with van der Waals surface area (Å²) in [7, 11) is 1.32. The van der Waals surface area contributed by atoms with E-state index in [1.54, 1.807) is 0 Å². The topological polar surface area (TPSA) is 103 Å². The van der Waals surface area contributed by atoms with Crippen LogP contribution in [0.15, 0.2) is 36.4 Å². The molecule has 0 aliphatic carbocycles. The minimum absolute atomic E-state index is 0.115. The fourth-order valence-corrected chi connectivity index (χ4v) is 2.19. The summed E-state index contributed by atoms with van der Waals surface area (Å²) in [5.74, 6) is -1.63. The molecule has 0 spiro atoms. The zero-order valence-corrected chi connectivity index (χ0v) is 14.9. The Morgan fingerprint density at radius 2 is 1.90 bits per heavy atom. The molecule has 0 heterocycles. The number of ether oxygens (including phenoxy) is 2. The average molecular weight is 417 g/mol. The first kappa shape index (κ1) is 21.7. The number of rotatable bonds is 8. The van der Waals surface area contributed by atoms with Crippen molar-refractivity contribution in [3.63, 3.8) is 0 Å². The molecule has 2 N–H and O–H groups in total. The van der Waals surface area contributed by atoms with Crippen LogP contribution in [0.5, 0.6) is 11.5 Å². The Balaban J connectivity index is 2.08. The molecule has 2 aromatic rings. The monoisotopic (exact) mass is 417 g/mol. The molecular formula is C17H15F4N3O5. The van der Waals surface area contributed by atoms with Crippen molar-refractivity contribution in [2.24, 2.45) is 0 Å². The molecule has 12 heteroatoms. The smallest absolute Gasteiger partial charge is 0.422 e. The van der Waals surface area contributed by atoms with E-state index in [4.69, 9.17) is 4.74 Å². The Morgan fingerprint density at radius 3 is 2.52 bits per heavy atom. The van der Waals surface area contributed by atoms with Gasteiger partial charge in [0, 0.05) is 6.07 Å². The lowest BCUT2D eigenvalue weighted by atomic mass is 10.2. The Kier molecular flexibility index (Phi) is 6.80. The molecule has 0 radical (unpaired) electrons. The van der Waals surface area contributed by atoms with Crippen LogP contribution in [0.4, 0.5) is 34.6 Å². The molecule has 0 atom stereocenters. The Morgan fingerprint density at radius 1 is 1.17 bits per heavy atom. The summed E-state index contributed by atoms with van der Waals surface area (Å²) in [5.41, 5.74) is -0.721. The number of halogens is 4. The van der Waals surface area contributed by atoms with Crippen LogP contribution < -0.4 is 20.1 Å². The Labute approximate surface area is 161 Å². The molecule has 0 saturated carbocycles. The normalized spacial score (nSPS) is 10.9. The summed E-state index contributed by atoms with van der Waals surface area (Å²) < 4.78 is 59.8. The highest BCUT2D eigenvalue weighted by atomic mass is 19.4. The van der Waals surface area contributed by atoms with E-state index in [1.165, 1.54) is 19.2 Å². The molecular weight excluding hydrogens is 402 g/mol. The number of anilines is 2. The number of carbonyl (C=O) groups is 1. The summed E-state index contributed by atoms with van der Waals surface area (Å²) >= 11 is 0. The molecule has 0 saturated heterocycles. The number of benzene rings is 2. The number of nitrogens with zero attached hydrogens (tertiary/aromatic N) is 1. The highest BCUT2D eigenvalue weighted by Gasteiger charge is 2.29. The van der Waals surface area contributed by atoms with Crippen LogP contribution in [0.3, 0.4) is 0 Å². The second-order valence-corrected chi connectivity index (χ2v) is 5.59. The second kappa shape index (κ2) is 9.08. The molecule has 0 fully saturated rings. The van der Waals surface area contributed by atoms with Crippen molar-refractivity contribution < 1.29 is 36.8 Å². The van der Waals surface area contributed by atoms with Gasteiger partial charge in [-0.1, -0.05) is 0 Å². The third-order valence-corrected chi connectivity index (χ3v) is 3.45. The van der Waals surface area contributed by atoms with E-state index in [1.807, 2.05) is 0 Å². The molecule has 2 aromatic carbocycles. The van der Waals surface area contributed by atoms with E-state index in [0.717, 1.165) is 24.3 Å². The lowest BCUT2D eigenvalue weighted by Crippen LogP contribution is -2.23. The van der Waals surface area contributed by atoms with Gasteiger partial charge in [0.1, 0.15) is 23.0 Å². The van der Waals surface area contributed by atoms with Crippen molar-refractivity contribution in [2.45, 2.75) is 6.18 Å². The van der Waals surface area contributed by atoms with Gasteiger partial charge in [-0.2, -0.15) is 13.2 Å². The number of nitrogens with one attached hydrogen (secondary N) is 2. The molecule has 156 valence electrons. The summed E-state index contributed by atoms with van der Waals surface area (Å²) in [4.78, 5) is 22.5. The van der Waals surface area contributed by atoms with E-state index < -0.39 is 41.7 Å². The molecule has 0 unspecified atom stereocenters. The van der Waals surface area contributed by atoms with Crippen molar-refractivity contribution in [2.75, 3.05) is 30.9 Å². The third kappa shape index (κ3) is 6.52. The number of nitro groups is 1. The molecule has 2 rings (SSSR count). The van der Waals surface area contributed by atoms with Crippen LogP contribution >= 0.6 is 0 Å². The number of amides is 1. The number of hydrogen-bond acceptors (Lipinski definition) is 6. The van der Waals surface area contributed by atoms with Crippen LogP contribution in [0.1, 0.15) is 0 Å². The molecule has 0 aromatic heterocycles. The third-order valence-electron chi connectivity index (χ3n) is 3.45. The number of alkyl halides is 3. The fourth-order valence-electron chi connectivity index (χ4n) is 2.19. The van der Waals surface area contributed by atoms with Crippen LogP contribution in [0, 0.1) is 15.9 Å². The van der Waals surface area contributed by atoms with Gasteiger partial charge in [0.15, 0.2) is 6.61 Å². The summed E-state index contributed by atoms with van der Waals surface area (Å²) in [6.45, 7) is -2.12. The minimum atomic E-state index is -4.60. The van der Waals surface area contributed by atoms with Gasteiger partial charge in [0.2, 0.25) is 5.91 Å². The predicted molar refractivity (Wildman–Crippen MR) is 94.7 cm³/mol. The first-order valence-electron chi connectivity index (χ1n) is 7.94. The van der Waals surface area contributed by atoms with E-state index in [9.17, 15) is 32.5 Å². The van der Waals surface area contributed by atoms with E-state index in [0.29, 0.717) is 0 Å². The molecule has 1 amide bonds. The zero-order chi connectivity index (χ0) is 21.6. The molecule has 29 heavy (non-hydrogen) atoms. The van der Waals surface area contributed by atoms with Crippen molar-refractivity contribution in [1.29, 1.82) is 0 Å². The quantitative estimate of drug-likeness (QED) is 0.386. The van der Waals surface area contributed by atoms with Crippen LogP contribution in [-0.2, 0) is 4.79 Å². The van der Waals surface area contributed by atoms with E-state index in [2.05, 4.69) is 15.4 Å². The largest absolute Gasteiger partial charge is 0.496 e. The predicted octanol–water partition coefficient (Wildman–Crippen LogP) is 3.73. The number of nitro benzene ring substituents is 1. The van der Waals surface area contributed by atoms with Crippen molar-refractivity contribution in [3.8, 4) is 11.5 Å². The summed E-state index contributed by atoms with van der Waals surface area (Å²) in [6, 6.07) is 6.50. The zero-order valence-electron chi connectivity index (χ0n) is 14.9. The maximum absolute atomic E-state index is 13.4. The van der Waals surface area contributed by atoms with Gasteiger partial charge in [-0.05, 0) is 24.3 Å². The average Bonchev–Trinajstić information content (AvgIpc) is 2.65. The van der Waals surface area contributed by atoms with Crippen molar-refractivity contribution >= 4 is 23.0 Å². The molecule has 0 bridgehead atoms. The van der Waals surface area contributed by atoms with Gasteiger partial charge in [-0.15, -0.1) is 0 Å². The summed E-state index contributed by atoms with van der Waals surface area (Å²) in [5, 5.41) is 15.9. The number of methoxy groups -OCH3 is 1. The first-order valence-corrected chi connectivity index (χ1v) is 7.94. The van der Waals surface area contributed by atoms with Gasteiger partial charge in [-0.25, -0.2) is 4.39 Å². The maximum atomic E-state index is 13.4. The Bertz CT molecular complexity index is 905. The van der Waals surface area contributed by atoms with E-state index in [-0.39, 0.29) is 22.9 Å². The lowest BCUT2D eigenvalue weighted by Gasteiger charge is -2.14.